The van der Waals surface area contributed by atoms with E-state index in [1.54, 1.807) is 18.2 Å². The van der Waals surface area contributed by atoms with E-state index in [0.29, 0.717) is 27.8 Å². The number of benzene rings is 1. The van der Waals surface area contributed by atoms with E-state index >= 15 is 0 Å². The lowest BCUT2D eigenvalue weighted by Gasteiger charge is -2.15. The second kappa shape index (κ2) is 9.94. The van der Waals surface area contributed by atoms with Crippen molar-refractivity contribution in [1.82, 2.24) is 4.98 Å². The lowest BCUT2D eigenvalue weighted by atomic mass is 9.95. The van der Waals surface area contributed by atoms with Crippen molar-refractivity contribution >= 4 is 51.7 Å². The van der Waals surface area contributed by atoms with Crippen LogP contribution < -0.4 is 15.4 Å². The van der Waals surface area contributed by atoms with E-state index in [-0.39, 0.29) is 18.1 Å². The molecule has 0 radical (unpaired) electrons. The number of urea groups is 1. The SMILES string of the molecule is COc1ccc(NC(=O)Nc2nc(CC(=O)O)c(SC)s2)c(C(=O)C2CCCC2)c1. The summed E-state index contributed by atoms with van der Waals surface area (Å²) in [7, 11) is 1.53. The van der Waals surface area contributed by atoms with Gasteiger partial charge in [0.25, 0.3) is 0 Å². The van der Waals surface area contributed by atoms with Crippen LogP contribution in [0.2, 0.25) is 0 Å². The molecular weight excluding hydrogens is 426 g/mol. The number of carbonyl (C=O) groups is 3. The van der Waals surface area contributed by atoms with E-state index in [4.69, 9.17) is 9.84 Å². The van der Waals surface area contributed by atoms with Crippen molar-refractivity contribution in [3.63, 3.8) is 0 Å². The van der Waals surface area contributed by atoms with Crippen molar-refractivity contribution in [1.29, 1.82) is 0 Å². The maximum Gasteiger partial charge on any atom is 0.325 e. The van der Waals surface area contributed by atoms with Gasteiger partial charge in [0.15, 0.2) is 10.9 Å². The third-order valence-corrected chi connectivity index (χ3v) is 7.02. The van der Waals surface area contributed by atoms with Gasteiger partial charge in [-0.3, -0.25) is 14.9 Å². The van der Waals surface area contributed by atoms with Crippen LogP contribution in [0.3, 0.4) is 0 Å². The summed E-state index contributed by atoms with van der Waals surface area (Å²) in [6, 6.07) is 4.42. The number of anilines is 2. The third kappa shape index (κ3) is 5.31. The summed E-state index contributed by atoms with van der Waals surface area (Å²) < 4.78 is 5.97. The summed E-state index contributed by atoms with van der Waals surface area (Å²) >= 11 is 2.58. The van der Waals surface area contributed by atoms with E-state index in [2.05, 4.69) is 15.6 Å². The van der Waals surface area contributed by atoms with Crippen LogP contribution in [0.4, 0.5) is 15.6 Å². The first-order chi connectivity index (χ1) is 14.4. The van der Waals surface area contributed by atoms with Gasteiger partial charge in [-0.15, -0.1) is 11.8 Å². The van der Waals surface area contributed by atoms with Gasteiger partial charge in [0.1, 0.15) is 5.75 Å². The summed E-state index contributed by atoms with van der Waals surface area (Å²) in [5.41, 5.74) is 1.24. The Morgan fingerprint density at radius 3 is 2.63 bits per heavy atom. The number of aliphatic carboxylic acids is 1. The molecule has 0 atom stereocenters. The second-order valence-electron chi connectivity index (χ2n) is 6.86. The van der Waals surface area contributed by atoms with Crippen LogP contribution in [-0.2, 0) is 11.2 Å². The number of aromatic nitrogens is 1. The van der Waals surface area contributed by atoms with Crippen LogP contribution >= 0.6 is 23.1 Å². The first kappa shape index (κ1) is 22.1. The van der Waals surface area contributed by atoms with E-state index in [1.165, 1.54) is 30.2 Å². The number of ketones is 1. The molecule has 10 heteroatoms. The molecule has 0 saturated heterocycles. The molecule has 0 bridgehead atoms. The Morgan fingerprint density at radius 2 is 2.00 bits per heavy atom. The van der Waals surface area contributed by atoms with Crippen LogP contribution in [0, 0.1) is 5.92 Å². The molecule has 3 N–H and O–H groups in total. The average molecular weight is 450 g/mol. The maximum atomic E-state index is 13.0. The largest absolute Gasteiger partial charge is 0.497 e. The molecule has 1 aliphatic carbocycles. The Kier molecular flexibility index (Phi) is 7.33. The fourth-order valence-electron chi connectivity index (χ4n) is 3.43. The lowest BCUT2D eigenvalue weighted by Crippen LogP contribution is -2.22. The summed E-state index contributed by atoms with van der Waals surface area (Å²) in [4.78, 5) is 40.7. The number of Topliss-reactive ketones (excluding diaryl/α,β-unsaturated/α-hetero) is 1. The predicted molar refractivity (Wildman–Crippen MR) is 117 cm³/mol. The fourth-order valence-corrected chi connectivity index (χ4v) is 5.06. The molecule has 1 aromatic carbocycles. The van der Waals surface area contributed by atoms with Gasteiger partial charge in [0, 0.05) is 11.5 Å². The Morgan fingerprint density at radius 1 is 1.27 bits per heavy atom. The van der Waals surface area contributed by atoms with Gasteiger partial charge in [0.05, 0.1) is 29.1 Å². The zero-order chi connectivity index (χ0) is 21.7. The first-order valence-electron chi connectivity index (χ1n) is 9.47. The lowest BCUT2D eigenvalue weighted by molar-refractivity contribution is -0.136. The predicted octanol–water partition coefficient (Wildman–Crippen LogP) is 4.52. The highest BCUT2D eigenvalue weighted by molar-refractivity contribution is 8.00. The van der Waals surface area contributed by atoms with Gasteiger partial charge < -0.3 is 15.2 Å². The fraction of sp³-hybridized carbons (Fsp3) is 0.400. The molecule has 1 fully saturated rings. The van der Waals surface area contributed by atoms with Gasteiger partial charge >= 0.3 is 12.0 Å². The zero-order valence-electron chi connectivity index (χ0n) is 16.7. The molecule has 8 nitrogen and oxygen atoms in total. The second-order valence-corrected chi connectivity index (χ2v) is 8.94. The molecule has 0 aliphatic heterocycles. The highest BCUT2D eigenvalue weighted by Gasteiger charge is 2.26. The molecule has 1 heterocycles. The third-order valence-electron chi connectivity index (χ3n) is 4.85. The van der Waals surface area contributed by atoms with Gasteiger partial charge in [-0.25, -0.2) is 9.78 Å². The number of amides is 2. The zero-order valence-corrected chi connectivity index (χ0v) is 18.3. The molecular formula is C20H23N3O5S2. The number of methoxy groups -OCH3 is 1. The molecule has 1 aromatic heterocycles. The Balaban J connectivity index is 1.77. The summed E-state index contributed by atoms with van der Waals surface area (Å²) in [5.74, 6) is -0.475. The average Bonchev–Trinajstić information content (AvgIpc) is 3.37. The number of thiazole rings is 1. The molecule has 2 amide bonds. The summed E-state index contributed by atoms with van der Waals surface area (Å²) in [5, 5.41) is 14.6. The highest BCUT2D eigenvalue weighted by atomic mass is 32.2. The quantitative estimate of drug-likeness (QED) is 0.401. The number of nitrogens with one attached hydrogen (secondary N) is 2. The number of rotatable bonds is 8. The Labute approximate surface area is 182 Å². The molecule has 0 unspecified atom stereocenters. The van der Waals surface area contributed by atoms with Crippen LogP contribution in [0.5, 0.6) is 5.75 Å². The van der Waals surface area contributed by atoms with Crippen LogP contribution in [-0.4, -0.2) is 41.2 Å². The highest BCUT2D eigenvalue weighted by Crippen LogP contribution is 2.33. The van der Waals surface area contributed by atoms with E-state index < -0.39 is 12.0 Å². The Bertz CT molecular complexity index is 954. The smallest absolute Gasteiger partial charge is 0.325 e. The number of nitrogens with zero attached hydrogens (tertiary/aromatic N) is 1. The van der Waals surface area contributed by atoms with Crippen molar-refractivity contribution in [3.8, 4) is 5.75 Å². The van der Waals surface area contributed by atoms with E-state index in [1.807, 2.05) is 6.26 Å². The van der Waals surface area contributed by atoms with Crippen LogP contribution in [0.1, 0.15) is 41.7 Å². The minimum Gasteiger partial charge on any atom is -0.497 e. The number of carboxylic acid groups (broad SMARTS) is 1. The first-order valence-corrected chi connectivity index (χ1v) is 11.5. The van der Waals surface area contributed by atoms with Gasteiger partial charge in [0.2, 0.25) is 0 Å². The molecule has 0 spiro atoms. The van der Waals surface area contributed by atoms with Gasteiger partial charge in [-0.05, 0) is 37.3 Å². The number of carbonyl (C=O) groups excluding carboxylic acids is 2. The molecule has 160 valence electrons. The molecule has 1 saturated carbocycles. The van der Waals surface area contributed by atoms with Crippen LogP contribution in [0.15, 0.2) is 22.4 Å². The Hall–Kier alpha value is -2.59. The van der Waals surface area contributed by atoms with Crippen molar-refractivity contribution < 1.29 is 24.2 Å². The number of thioether (sulfide) groups is 1. The minimum atomic E-state index is -0.986. The topological polar surface area (TPSA) is 118 Å². The number of hydrogen-bond acceptors (Lipinski definition) is 7. The van der Waals surface area contributed by atoms with Crippen molar-refractivity contribution in [3.05, 3.63) is 29.5 Å². The minimum absolute atomic E-state index is 0.00404. The van der Waals surface area contributed by atoms with Crippen molar-refractivity contribution in [2.24, 2.45) is 5.92 Å². The number of ether oxygens (including phenoxy) is 1. The van der Waals surface area contributed by atoms with Crippen LogP contribution in [0.25, 0.3) is 0 Å². The maximum absolute atomic E-state index is 13.0. The molecule has 1 aliphatic rings. The van der Waals surface area contributed by atoms with E-state index in [0.717, 1.165) is 29.9 Å². The molecule has 3 rings (SSSR count). The standard InChI is InChI=1S/C20H23N3O5S2/c1-28-12-7-8-14(13(9-12)17(26)11-5-3-4-6-11)21-19(27)23-20-22-15(10-16(24)25)18(29-2)30-20/h7-9,11H,3-6,10H2,1-2H3,(H,24,25)(H2,21,22,23,27). The van der Waals surface area contributed by atoms with Crippen molar-refractivity contribution in [2.45, 2.75) is 36.3 Å². The van der Waals surface area contributed by atoms with E-state index in [9.17, 15) is 14.4 Å². The molecule has 30 heavy (non-hydrogen) atoms. The van der Waals surface area contributed by atoms with Crippen molar-refractivity contribution in [2.75, 3.05) is 24.0 Å². The normalized spacial score (nSPS) is 13.8. The monoisotopic (exact) mass is 449 g/mol. The molecule has 2 aromatic rings. The number of hydrogen-bond donors (Lipinski definition) is 3. The number of carboxylic acids is 1. The van der Waals surface area contributed by atoms with Gasteiger partial charge in [-0.1, -0.05) is 24.2 Å². The summed E-state index contributed by atoms with van der Waals surface area (Å²) in [6.45, 7) is 0. The summed E-state index contributed by atoms with van der Waals surface area (Å²) in [6.07, 6.45) is 5.37. The van der Waals surface area contributed by atoms with Gasteiger partial charge in [-0.2, -0.15) is 0 Å².